The summed E-state index contributed by atoms with van der Waals surface area (Å²) >= 11 is 0. The standard InChI is InChI=1S/C9H16N2O/c1-4-9(5-2,7-10)8(12)11-6-3/h4-6H2,1-3H3,(H,11,12). The van der Waals surface area contributed by atoms with Crippen molar-refractivity contribution in [2.75, 3.05) is 6.54 Å². The molecule has 0 spiro atoms. The average Bonchev–Trinajstić information content (AvgIpc) is 2.09. The summed E-state index contributed by atoms with van der Waals surface area (Å²) in [6.45, 7) is 6.16. The third-order valence-electron chi connectivity index (χ3n) is 2.19. The lowest BCUT2D eigenvalue weighted by Gasteiger charge is -2.21. The summed E-state index contributed by atoms with van der Waals surface area (Å²) in [4.78, 5) is 11.4. The molecular formula is C9H16N2O. The Kier molecular flexibility index (Phi) is 4.35. The highest BCUT2D eigenvalue weighted by Gasteiger charge is 2.34. The van der Waals surface area contributed by atoms with E-state index < -0.39 is 5.41 Å². The fraction of sp³-hybridized carbons (Fsp3) is 0.778. The summed E-state index contributed by atoms with van der Waals surface area (Å²) < 4.78 is 0. The molecule has 0 heterocycles. The van der Waals surface area contributed by atoms with E-state index in [1.165, 1.54) is 0 Å². The molecule has 0 aliphatic carbocycles. The Hall–Kier alpha value is -1.04. The number of nitriles is 1. The number of hydrogen-bond donors (Lipinski definition) is 1. The molecule has 0 aromatic heterocycles. The van der Waals surface area contributed by atoms with Crippen molar-refractivity contribution in [1.29, 1.82) is 5.26 Å². The first-order valence-corrected chi connectivity index (χ1v) is 4.36. The van der Waals surface area contributed by atoms with E-state index in [9.17, 15) is 4.79 Å². The predicted octanol–water partition coefficient (Wildman–Crippen LogP) is 1.45. The lowest BCUT2D eigenvalue weighted by Crippen LogP contribution is -2.39. The number of nitrogens with one attached hydrogen (secondary N) is 1. The minimum absolute atomic E-state index is 0.141. The van der Waals surface area contributed by atoms with E-state index in [-0.39, 0.29) is 5.91 Å². The van der Waals surface area contributed by atoms with E-state index in [0.717, 1.165) is 0 Å². The molecule has 0 atom stereocenters. The molecule has 0 aromatic rings. The van der Waals surface area contributed by atoms with Crippen molar-refractivity contribution in [3.05, 3.63) is 0 Å². The molecule has 1 N–H and O–H groups in total. The van der Waals surface area contributed by atoms with E-state index >= 15 is 0 Å². The molecule has 3 nitrogen and oxygen atoms in total. The van der Waals surface area contributed by atoms with Crippen LogP contribution in [0.4, 0.5) is 0 Å². The number of hydrogen-bond acceptors (Lipinski definition) is 2. The first-order valence-electron chi connectivity index (χ1n) is 4.36. The zero-order valence-corrected chi connectivity index (χ0v) is 7.98. The van der Waals surface area contributed by atoms with Gasteiger partial charge in [-0.05, 0) is 19.8 Å². The molecule has 0 aromatic carbocycles. The maximum Gasteiger partial charge on any atom is 0.240 e. The first-order chi connectivity index (χ1) is 5.66. The van der Waals surface area contributed by atoms with Gasteiger partial charge in [0.2, 0.25) is 5.91 Å². The van der Waals surface area contributed by atoms with Crippen LogP contribution in [0.15, 0.2) is 0 Å². The molecule has 1 amide bonds. The molecule has 0 saturated carbocycles. The topological polar surface area (TPSA) is 52.9 Å². The van der Waals surface area contributed by atoms with Gasteiger partial charge in [0.15, 0.2) is 0 Å². The summed E-state index contributed by atoms with van der Waals surface area (Å²) in [6, 6.07) is 2.09. The molecule has 12 heavy (non-hydrogen) atoms. The third kappa shape index (κ3) is 1.97. The maximum absolute atomic E-state index is 11.4. The van der Waals surface area contributed by atoms with E-state index in [0.29, 0.717) is 19.4 Å². The molecule has 0 aliphatic rings. The second kappa shape index (κ2) is 4.76. The molecule has 68 valence electrons. The van der Waals surface area contributed by atoms with Gasteiger partial charge >= 0.3 is 0 Å². The smallest absolute Gasteiger partial charge is 0.240 e. The first kappa shape index (κ1) is 11.0. The van der Waals surface area contributed by atoms with Crippen molar-refractivity contribution >= 4 is 5.91 Å². The molecule has 0 saturated heterocycles. The third-order valence-corrected chi connectivity index (χ3v) is 2.19. The van der Waals surface area contributed by atoms with Gasteiger partial charge in [0.25, 0.3) is 0 Å². The molecule has 0 fully saturated rings. The van der Waals surface area contributed by atoms with Crippen LogP contribution in [0.25, 0.3) is 0 Å². The monoisotopic (exact) mass is 168 g/mol. The summed E-state index contributed by atoms with van der Waals surface area (Å²) in [5.41, 5.74) is -0.810. The highest BCUT2D eigenvalue weighted by molar-refractivity contribution is 5.85. The van der Waals surface area contributed by atoms with Gasteiger partial charge in [0.1, 0.15) is 5.41 Å². The zero-order valence-electron chi connectivity index (χ0n) is 7.98. The molecule has 3 heteroatoms. The Balaban J connectivity index is 4.51. The molecule has 0 radical (unpaired) electrons. The van der Waals surface area contributed by atoms with Crippen LogP contribution in [-0.4, -0.2) is 12.5 Å². The molecule has 0 unspecified atom stereocenters. The van der Waals surface area contributed by atoms with Crippen LogP contribution in [-0.2, 0) is 4.79 Å². The van der Waals surface area contributed by atoms with Gasteiger partial charge in [-0.2, -0.15) is 5.26 Å². The molecular weight excluding hydrogens is 152 g/mol. The highest BCUT2D eigenvalue weighted by Crippen LogP contribution is 2.24. The Morgan fingerprint density at radius 1 is 1.42 bits per heavy atom. The lowest BCUT2D eigenvalue weighted by atomic mass is 9.83. The predicted molar refractivity (Wildman–Crippen MR) is 47.3 cm³/mol. The van der Waals surface area contributed by atoms with Crippen LogP contribution in [0.2, 0.25) is 0 Å². The SMILES string of the molecule is CCNC(=O)C(C#N)(CC)CC. The van der Waals surface area contributed by atoms with Crippen molar-refractivity contribution < 1.29 is 4.79 Å². The maximum atomic E-state index is 11.4. The van der Waals surface area contributed by atoms with Crippen molar-refractivity contribution in [2.24, 2.45) is 5.41 Å². The Bertz CT molecular complexity index is 189. The summed E-state index contributed by atoms with van der Waals surface area (Å²) in [5, 5.41) is 11.5. The Labute approximate surface area is 73.8 Å². The Morgan fingerprint density at radius 3 is 2.17 bits per heavy atom. The zero-order chi connectivity index (χ0) is 9.61. The number of carbonyl (C=O) groups is 1. The van der Waals surface area contributed by atoms with E-state index in [2.05, 4.69) is 11.4 Å². The van der Waals surface area contributed by atoms with Crippen molar-refractivity contribution in [1.82, 2.24) is 5.32 Å². The number of nitrogens with zero attached hydrogens (tertiary/aromatic N) is 1. The largest absolute Gasteiger partial charge is 0.355 e. The fourth-order valence-electron chi connectivity index (χ4n) is 1.11. The quantitative estimate of drug-likeness (QED) is 0.690. The van der Waals surface area contributed by atoms with Crippen molar-refractivity contribution in [2.45, 2.75) is 33.6 Å². The van der Waals surface area contributed by atoms with Gasteiger partial charge in [-0.15, -0.1) is 0 Å². The molecule has 0 rings (SSSR count). The average molecular weight is 168 g/mol. The van der Waals surface area contributed by atoms with E-state index in [1.807, 2.05) is 20.8 Å². The number of amides is 1. The van der Waals surface area contributed by atoms with Crippen LogP contribution in [0.1, 0.15) is 33.6 Å². The lowest BCUT2D eigenvalue weighted by molar-refractivity contribution is -0.128. The Morgan fingerprint density at radius 2 is 1.92 bits per heavy atom. The van der Waals surface area contributed by atoms with Gasteiger partial charge in [0, 0.05) is 6.54 Å². The minimum atomic E-state index is -0.810. The summed E-state index contributed by atoms with van der Waals surface area (Å²) in [5.74, 6) is -0.141. The molecule has 0 aliphatic heterocycles. The van der Waals surface area contributed by atoms with Crippen LogP contribution in [0.5, 0.6) is 0 Å². The number of rotatable bonds is 4. The normalized spacial score (nSPS) is 10.5. The summed E-state index contributed by atoms with van der Waals surface area (Å²) in [6.07, 6.45) is 1.15. The highest BCUT2D eigenvalue weighted by atomic mass is 16.2. The number of carbonyl (C=O) groups excluding carboxylic acids is 1. The van der Waals surface area contributed by atoms with Crippen LogP contribution < -0.4 is 5.32 Å². The van der Waals surface area contributed by atoms with Gasteiger partial charge in [0.05, 0.1) is 6.07 Å². The van der Waals surface area contributed by atoms with Gasteiger partial charge < -0.3 is 5.32 Å². The van der Waals surface area contributed by atoms with E-state index in [4.69, 9.17) is 5.26 Å². The van der Waals surface area contributed by atoms with E-state index in [1.54, 1.807) is 0 Å². The van der Waals surface area contributed by atoms with Crippen molar-refractivity contribution in [3.8, 4) is 6.07 Å². The minimum Gasteiger partial charge on any atom is -0.355 e. The van der Waals surface area contributed by atoms with Crippen LogP contribution in [0.3, 0.4) is 0 Å². The van der Waals surface area contributed by atoms with Gasteiger partial charge in [-0.1, -0.05) is 13.8 Å². The second-order valence-electron chi connectivity index (χ2n) is 2.76. The fourth-order valence-corrected chi connectivity index (χ4v) is 1.11. The van der Waals surface area contributed by atoms with Gasteiger partial charge in [-0.3, -0.25) is 4.79 Å². The van der Waals surface area contributed by atoms with Crippen LogP contribution in [0, 0.1) is 16.7 Å². The van der Waals surface area contributed by atoms with Gasteiger partial charge in [-0.25, -0.2) is 0 Å². The second-order valence-corrected chi connectivity index (χ2v) is 2.76. The molecule has 0 bridgehead atoms. The summed E-state index contributed by atoms with van der Waals surface area (Å²) in [7, 11) is 0. The van der Waals surface area contributed by atoms with Crippen LogP contribution >= 0.6 is 0 Å². The van der Waals surface area contributed by atoms with Crippen molar-refractivity contribution in [3.63, 3.8) is 0 Å².